The van der Waals surface area contributed by atoms with Gasteiger partial charge in [0, 0.05) is 12.6 Å². The van der Waals surface area contributed by atoms with E-state index in [1.807, 2.05) is 0 Å². The Morgan fingerprint density at radius 3 is 2.78 bits per heavy atom. The number of rotatable bonds is 3. The van der Waals surface area contributed by atoms with E-state index in [1.54, 1.807) is 6.92 Å². The Hall–Kier alpha value is -1.73. The predicted molar refractivity (Wildman–Crippen MR) is 66.0 cm³/mol. The van der Waals surface area contributed by atoms with Gasteiger partial charge < -0.3 is 15.3 Å². The first-order valence-electron chi connectivity index (χ1n) is 4.77. The zero-order chi connectivity index (χ0) is 13.3. The van der Waals surface area contributed by atoms with Gasteiger partial charge in [0.25, 0.3) is 5.22 Å². The molecule has 8 heteroatoms. The second kappa shape index (κ2) is 4.87. The van der Waals surface area contributed by atoms with Gasteiger partial charge in [0.05, 0.1) is 15.5 Å². The van der Waals surface area contributed by atoms with E-state index in [0.717, 1.165) is 11.8 Å². The average molecular weight is 286 g/mol. The van der Waals surface area contributed by atoms with Crippen LogP contribution < -0.4 is 5.73 Å². The van der Waals surface area contributed by atoms with Crippen LogP contribution >= 0.6 is 23.4 Å². The first kappa shape index (κ1) is 12.7. The number of benzene rings is 1. The number of nitrogen functional groups attached to an aromatic ring is 1. The van der Waals surface area contributed by atoms with Crippen molar-refractivity contribution in [1.29, 1.82) is 0 Å². The third-order valence-corrected chi connectivity index (χ3v) is 3.39. The summed E-state index contributed by atoms with van der Waals surface area (Å²) in [5.41, 5.74) is 5.84. The first-order valence-corrected chi connectivity index (χ1v) is 5.97. The number of carboxylic acid groups (broad SMARTS) is 1. The van der Waals surface area contributed by atoms with Crippen LogP contribution in [0, 0.1) is 6.92 Å². The lowest BCUT2D eigenvalue weighted by molar-refractivity contribution is 0.0693. The van der Waals surface area contributed by atoms with Crippen molar-refractivity contribution in [1.82, 2.24) is 10.2 Å². The average Bonchev–Trinajstić information content (AvgIpc) is 2.67. The van der Waals surface area contributed by atoms with Gasteiger partial charge >= 0.3 is 5.97 Å². The van der Waals surface area contributed by atoms with Crippen LogP contribution in [0.2, 0.25) is 5.02 Å². The predicted octanol–water partition coefficient (Wildman–Crippen LogP) is 2.46. The third-order valence-electron chi connectivity index (χ3n) is 1.99. The Morgan fingerprint density at radius 1 is 1.50 bits per heavy atom. The zero-order valence-electron chi connectivity index (χ0n) is 9.18. The minimum Gasteiger partial charge on any atom is -0.478 e. The lowest BCUT2D eigenvalue weighted by Gasteiger charge is -2.06. The summed E-state index contributed by atoms with van der Waals surface area (Å²) in [6.07, 6.45) is 0. The second-order valence-corrected chi connectivity index (χ2v) is 4.74. The fraction of sp³-hybridized carbons (Fsp3) is 0.100. The molecule has 0 amide bonds. The molecule has 0 saturated carbocycles. The van der Waals surface area contributed by atoms with E-state index in [9.17, 15) is 4.79 Å². The molecule has 0 bridgehead atoms. The summed E-state index contributed by atoms with van der Waals surface area (Å²) in [7, 11) is 0. The normalized spacial score (nSPS) is 10.6. The molecule has 6 nitrogen and oxygen atoms in total. The van der Waals surface area contributed by atoms with E-state index in [1.165, 1.54) is 12.1 Å². The molecule has 0 radical (unpaired) electrons. The number of carbonyl (C=O) groups is 1. The number of hydrogen-bond acceptors (Lipinski definition) is 6. The van der Waals surface area contributed by atoms with Gasteiger partial charge in [-0.2, -0.15) is 0 Å². The maximum atomic E-state index is 11.1. The van der Waals surface area contributed by atoms with Crippen molar-refractivity contribution in [3.05, 3.63) is 28.6 Å². The molecule has 1 aromatic heterocycles. The summed E-state index contributed by atoms with van der Waals surface area (Å²) >= 11 is 6.97. The number of anilines is 1. The minimum absolute atomic E-state index is 0.000790. The van der Waals surface area contributed by atoms with Crippen molar-refractivity contribution in [3.63, 3.8) is 0 Å². The van der Waals surface area contributed by atoms with Crippen molar-refractivity contribution >= 4 is 35.0 Å². The monoisotopic (exact) mass is 285 g/mol. The van der Waals surface area contributed by atoms with Crippen LogP contribution in [0.1, 0.15) is 16.2 Å². The number of aromatic nitrogens is 2. The maximum absolute atomic E-state index is 11.1. The largest absolute Gasteiger partial charge is 0.478 e. The molecule has 0 fully saturated rings. The highest BCUT2D eigenvalue weighted by Crippen LogP contribution is 2.36. The zero-order valence-corrected chi connectivity index (χ0v) is 10.7. The molecule has 2 rings (SSSR count). The van der Waals surface area contributed by atoms with Gasteiger partial charge in [-0.3, -0.25) is 0 Å². The van der Waals surface area contributed by atoms with E-state index in [-0.39, 0.29) is 21.5 Å². The van der Waals surface area contributed by atoms with Crippen LogP contribution in [0.15, 0.2) is 26.7 Å². The van der Waals surface area contributed by atoms with Gasteiger partial charge in [-0.15, -0.1) is 10.2 Å². The lowest BCUT2D eigenvalue weighted by atomic mass is 10.2. The molecular formula is C10H8ClN3O3S. The molecular weight excluding hydrogens is 278 g/mol. The fourth-order valence-corrected chi connectivity index (χ4v) is 2.46. The molecule has 18 heavy (non-hydrogen) atoms. The topological polar surface area (TPSA) is 102 Å². The molecule has 94 valence electrons. The number of hydrogen-bond donors (Lipinski definition) is 2. The molecule has 0 unspecified atom stereocenters. The third kappa shape index (κ3) is 2.57. The van der Waals surface area contributed by atoms with Gasteiger partial charge in [0.15, 0.2) is 0 Å². The van der Waals surface area contributed by atoms with Crippen LogP contribution in [-0.4, -0.2) is 21.3 Å². The second-order valence-electron chi connectivity index (χ2n) is 3.37. The number of halogens is 1. The highest BCUT2D eigenvalue weighted by molar-refractivity contribution is 7.99. The summed E-state index contributed by atoms with van der Waals surface area (Å²) in [4.78, 5) is 11.4. The molecule has 0 aliphatic heterocycles. The molecule has 1 heterocycles. The van der Waals surface area contributed by atoms with E-state index in [2.05, 4.69) is 10.2 Å². The van der Waals surface area contributed by atoms with E-state index < -0.39 is 5.97 Å². The number of nitrogens with zero attached hydrogens (tertiary/aromatic N) is 2. The number of nitrogens with two attached hydrogens (primary N) is 1. The molecule has 3 N–H and O–H groups in total. The van der Waals surface area contributed by atoms with Crippen molar-refractivity contribution in [2.45, 2.75) is 17.0 Å². The highest BCUT2D eigenvalue weighted by atomic mass is 35.5. The van der Waals surface area contributed by atoms with E-state index in [4.69, 9.17) is 26.9 Å². The fourth-order valence-electron chi connectivity index (χ4n) is 1.28. The Kier molecular flexibility index (Phi) is 3.44. The van der Waals surface area contributed by atoms with E-state index >= 15 is 0 Å². The van der Waals surface area contributed by atoms with Gasteiger partial charge in [0.2, 0.25) is 5.89 Å². The Labute approximate surface area is 111 Å². The molecule has 2 aromatic rings. The van der Waals surface area contributed by atoms with Crippen LogP contribution in [-0.2, 0) is 0 Å². The smallest absolute Gasteiger partial charge is 0.336 e. The lowest BCUT2D eigenvalue weighted by Crippen LogP contribution is -2.01. The van der Waals surface area contributed by atoms with Gasteiger partial charge in [-0.05, 0) is 23.9 Å². The number of carboxylic acids is 1. The van der Waals surface area contributed by atoms with Gasteiger partial charge in [-0.1, -0.05) is 11.6 Å². The summed E-state index contributed by atoms with van der Waals surface area (Å²) < 4.78 is 5.17. The van der Waals surface area contributed by atoms with E-state index in [0.29, 0.717) is 10.8 Å². The van der Waals surface area contributed by atoms with Gasteiger partial charge in [0.1, 0.15) is 0 Å². The van der Waals surface area contributed by atoms with Crippen LogP contribution in [0.3, 0.4) is 0 Å². The van der Waals surface area contributed by atoms with Crippen molar-refractivity contribution in [2.24, 2.45) is 0 Å². The summed E-state index contributed by atoms with van der Waals surface area (Å²) in [5, 5.41) is 17.0. The van der Waals surface area contributed by atoms with Crippen molar-refractivity contribution in [2.75, 3.05) is 5.73 Å². The summed E-state index contributed by atoms with van der Waals surface area (Å²) in [6, 6.07) is 2.80. The Morgan fingerprint density at radius 2 is 2.22 bits per heavy atom. The van der Waals surface area contributed by atoms with Gasteiger partial charge in [-0.25, -0.2) is 4.79 Å². The van der Waals surface area contributed by atoms with Crippen LogP contribution in [0.25, 0.3) is 0 Å². The maximum Gasteiger partial charge on any atom is 0.336 e. The Bertz CT molecular complexity index is 614. The quantitative estimate of drug-likeness (QED) is 0.835. The highest BCUT2D eigenvalue weighted by Gasteiger charge is 2.18. The van der Waals surface area contributed by atoms with Crippen molar-refractivity contribution < 1.29 is 14.3 Å². The van der Waals surface area contributed by atoms with Crippen LogP contribution in [0.4, 0.5) is 5.69 Å². The molecule has 1 aromatic carbocycles. The molecule has 0 aliphatic rings. The molecule has 0 atom stereocenters. The summed E-state index contributed by atoms with van der Waals surface area (Å²) in [6.45, 7) is 1.64. The van der Waals surface area contributed by atoms with Crippen molar-refractivity contribution in [3.8, 4) is 0 Å². The number of aromatic carboxylic acids is 1. The SMILES string of the molecule is Cc1nnc(Sc2c(Cl)cc(N)cc2C(=O)O)o1. The Balaban J connectivity index is 2.46. The summed E-state index contributed by atoms with van der Waals surface area (Å²) in [5.74, 6) is -0.733. The minimum atomic E-state index is -1.12. The molecule has 0 aliphatic carbocycles. The number of aryl methyl sites for hydroxylation is 1. The molecule has 0 saturated heterocycles. The van der Waals surface area contributed by atoms with Crippen LogP contribution in [0.5, 0.6) is 0 Å². The molecule has 0 spiro atoms. The first-order chi connectivity index (χ1) is 8.47. The standard InChI is InChI=1S/C10H8ClN3O3S/c1-4-13-14-10(17-4)18-8-6(9(15)16)2-5(12)3-7(8)11/h2-3H,12H2,1H3,(H,15,16).